The fourth-order valence-corrected chi connectivity index (χ4v) is 4.17. The van der Waals surface area contributed by atoms with E-state index in [9.17, 15) is 9.59 Å². The first-order valence-electron chi connectivity index (χ1n) is 8.30. The normalized spacial score (nSPS) is 35.1. The van der Waals surface area contributed by atoms with Gasteiger partial charge in [-0.05, 0) is 50.9 Å². The van der Waals surface area contributed by atoms with Crippen LogP contribution in [0, 0.1) is 5.92 Å². The van der Waals surface area contributed by atoms with E-state index >= 15 is 0 Å². The quantitative estimate of drug-likeness (QED) is 0.777. The summed E-state index contributed by atoms with van der Waals surface area (Å²) in [6.07, 6.45) is 8.85. The van der Waals surface area contributed by atoms with Crippen molar-refractivity contribution >= 4 is 11.8 Å². The number of fused-ring (bicyclic) bond motifs is 1. The molecule has 1 aliphatic carbocycles. The van der Waals surface area contributed by atoms with E-state index in [0.717, 1.165) is 44.6 Å². The highest BCUT2D eigenvalue weighted by Crippen LogP contribution is 2.32. The van der Waals surface area contributed by atoms with E-state index in [1.54, 1.807) is 0 Å². The average Bonchev–Trinajstić information content (AvgIpc) is 2.51. The number of amides is 2. The second-order valence-electron chi connectivity index (χ2n) is 6.65. The minimum Gasteiger partial charge on any atom is -0.329 e. The number of nitrogens with zero attached hydrogens (tertiary/aromatic N) is 2. The highest BCUT2D eigenvalue weighted by atomic mass is 16.2. The highest BCUT2D eigenvalue weighted by Gasteiger charge is 2.43. The Balaban J connectivity index is 1.68. The van der Waals surface area contributed by atoms with Crippen LogP contribution >= 0.6 is 0 Å². The molecule has 0 aromatic heterocycles. The Morgan fingerprint density at radius 1 is 1.00 bits per heavy atom. The molecule has 3 rings (SSSR count). The third kappa shape index (κ3) is 2.45. The van der Waals surface area contributed by atoms with Crippen LogP contribution in [0.25, 0.3) is 0 Å². The largest absolute Gasteiger partial charge is 0.329 e. The zero-order valence-electron chi connectivity index (χ0n) is 12.5. The van der Waals surface area contributed by atoms with Crippen molar-refractivity contribution in [2.45, 2.75) is 70.4 Å². The Labute approximate surface area is 121 Å². The Morgan fingerprint density at radius 3 is 2.45 bits per heavy atom. The van der Waals surface area contributed by atoms with E-state index in [4.69, 9.17) is 0 Å². The lowest BCUT2D eigenvalue weighted by molar-refractivity contribution is -0.160. The van der Waals surface area contributed by atoms with Crippen molar-refractivity contribution in [2.24, 2.45) is 5.92 Å². The Hall–Kier alpha value is -1.06. The summed E-state index contributed by atoms with van der Waals surface area (Å²) in [4.78, 5) is 28.7. The topological polar surface area (TPSA) is 40.6 Å². The van der Waals surface area contributed by atoms with Gasteiger partial charge in [-0.3, -0.25) is 9.59 Å². The standard InChI is InChI=1S/C16H26N2O2/c1-2-12-6-8-13(9-7-12)18-11-15(19)17-10-4-3-5-14(17)16(18)20/h12-14H,2-11H2,1H3. The smallest absolute Gasteiger partial charge is 0.246 e. The lowest BCUT2D eigenvalue weighted by Crippen LogP contribution is -2.63. The molecule has 0 spiro atoms. The van der Waals surface area contributed by atoms with Crippen LogP contribution in [0.15, 0.2) is 0 Å². The second-order valence-corrected chi connectivity index (χ2v) is 6.65. The summed E-state index contributed by atoms with van der Waals surface area (Å²) in [5.74, 6) is 1.23. The number of piperazine rings is 1. The van der Waals surface area contributed by atoms with Gasteiger partial charge in [0.1, 0.15) is 12.6 Å². The molecule has 2 amide bonds. The van der Waals surface area contributed by atoms with Gasteiger partial charge in [-0.15, -0.1) is 0 Å². The molecule has 0 radical (unpaired) electrons. The average molecular weight is 278 g/mol. The fourth-order valence-electron chi connectivity index (χ4n) is 4.17. The second kappa shape index (κ2) is 5.74. The molecule has 3 fully saturated rings. The SMILES string of the molecule is CCC1CCC(N2CC(=O)N3CCCCC3C2=O)CC1. The predicted octanol–water partition coefficient (Wildman–Crippen LogP) is 2.18. The molecule has 1 saturated carbocycles. The van der Waals surface area contributed by atoms with E-state index in [2.05, 4.69) is 6.92 Å². The first kappa shape index (κ1) is 13.9. The van der Waals surface area contributed by atoms with Crippen molar-refractivity contribution in [1.82, 2.24) is 9.80 Å². The summed E-state index contributed by atoms with van der Waals surface area (Å²) >= 11 is 0. The first-order chi connectivity index (χ1) is 9.70. The highest BCUT2D eigenvalue weighted by molar-refractivity contribution is 5.95. The maximum Gasteiger partial charge on any atom is 0.246 e. The first-order valence-corrected chi connectivity index (χ1v) is 8.30. The minimum atomic E-state index is -0.145. The molecule has 2 aliphatic heterocycles. The van der Waals surface area contributed by atoms with Crippen LogP contribution in [-0.4, -0.2) is 46.8 Å². The lowest BCUT2D eigenvalue weighted by Gasteiger charge is -2.46. The molecule has 2 saturated heterocycles. The van der Waals surface area contributed by atoms with Gasteiger partial charge < -0.3 is 9.80 Å². The van der Waals surface area contributed by atoms with Gasteiger partial charge in [-0.2, -0.15) is 0 Å². The Morgan fingerprint density at radius 2 is 1.75 bits per heavy atom. The van der Waals surface area contributed by atoms with E-state index < -0.39 is 0 Å². The molecule has 4 heteroatoms. The van der Waals surface area contributed by atoms with Crippen LogP contribution in [0.1, 0.15) is 58.3 Å². The van der Waals surface area contributed by atoms with Crippen LogP contribution in [0.2, 0.25) is 0 Å². The molecule has 4 nitrogen and oxygen atoms in total. The number of piperidine rings is 1. The van der Waals surface area contributed by atoms with Crippen LogP contribution in [0.4, 0.5) is 0 Å². The van der Waals surface area contributed by atoms with Gasteiger partial charge in [0.25, 0.3) is 0 Å². The number of rotatable bonds is 2. The van der Waals surface area contributed by atoms with E-state index in [-0.39, 0.29) is 17.9 Å². The van der Waals surface area contributed by atoms with Crippen molar-refractivity contribution in [2.75, 3.05) is 13.1 Å². The molecule has 2 heterocycles. The summed E-state index contributed by atoms with van der Waals surface area (Å²) in [5, 5.41) is 0. The summed E-state index contributed by atoms with van der Waals surface area (Å²) in [6.45, 7) is 3.36. The van der Waals surface area contributed by atoms with Crippen molar-refractivity contribution in [1.29, 1.82) is 0 Å². The molecule has 20 heavy (non-hydrogen) atoms. The maximum atomic E-state index is 12.7. The molecule has 3 aliphatic rings. The summed E-state index contributed by atoms with van der Waals surface area (Å²) in [6, 6.07) is 0.173. The van der Waals surface area contributed by atoms with Crippen LogP contribution in [0.5, 0.6) is 0 Å². The minimum absolute atomic E-state index is 0.145. The van der Waals surface area contributed by atoms with Gasteiger partial charge in [0.15, 0.2) is 0 Å². The van der Waals surface area contributed by atoms with Gasteiger partial charge in [-0.1, -0.05) is 13.3 Å². The summed E-state index contributed by atoms with van der Waals surface area (Å²) in [7, 11) is 0. The zero-order chi connectivity index (χ0) is 14.1. The maximum absolute atomic E-state index is 12.7. The monoisotopic (exact) mass is 278 g/mol. The molecule has 1 atom stereocenters. The van der Waals surface area contributed by atoms with Gasteiger partial charge in [0, 0.05) is 12.6 Å². The number of carbonyl (C=O) groups excluding carboxylic acids is 2. The predicted molar refractivity (Wildman–Crippen MR) is 77.1 cm³/mol. The van der Waals surface area contributed by atoms with Crippen molar-refractivity contribution in [3.05, 3.63) is 0 Å². The van der Waals surface area contributed by atoms with Crippen molar-refractivity contribution in [3.8, 4) is 0 Å². The molecule has 0 aromatic rings. The van der Waals surface area contributed by atoms with Gasteiger partial charge >= 0.3 is 0 Å². The fraction of sp³-hybridized carbons (Fsp3) is 0.875. The number of carbonyl (C=O) groups is 2. The molecule has 0 aromatic carbocycles. The third-order valence-corrected chi connectivity index (χ3v) is 5.53. The zero-order valence-corrected chi connectivity index (χ0v) is 12.5. The van der Waals surface area contributed by atoms with Crippen LogP contribution < -0.4 is 0 Å². The van der Waals surface area contributed by atoms with Gasteiger partial charge in [0.05, 0.1) is 0 Å². The van der Waals surface area contributed by atoms with Crippen LogP contribution in [-0.2, 0) is 9.59 Å². The number of hydrogen-bond donors (Lipinski definition) is 0. The van der Waals surface area contributed by atoms with Crippen LogP contribution in [0.3, 0.4) is 0 Å². The van der Waals surface area contributed by atoms with Crippen molar-refractivity contribution in [3.63, 3.8) is 0 Å². The summed E-state index contributed by atoms with van der Waals surface area (Å²) < 4.78 is 0. The molecule has 0 N–H and O–H groups in total. The Kier molecular flexibility index (Phi) is 3.99. The summed E-state index contributed by atoms with van der Waals surface area (Å²) in [5.41, 5.74) is 0. The lowest BCUT2D eigenvalue weighted by atomic mass is 9.83. The Bertz CT molecular complexity index is 388. The molecule has 112 valence electrons. The molecule has 1 unspecified atom stereocenters. The van der Waals surface area contributed by atoms with Gasteiger partial charge in [0.2, 0.25) is 11.8 Å². The van der Waals surface area contributed by atoms with Gasteiger partial charge in [-0.25, -0.2) is 0 Å². The van der Waals surface area contributed by atoms with E-state index in [1.807, 2.05) is 9.80 Å². The number of hydrogen-bond acceptors (Lipinski definition) is 2. The van der Waals surface area contributed by atoms with E-state index in [0.29, 0.717) is 12.6 Å². The van der Waals surface area contributed by atoms with E-state index in [1.165, 1.54) is 19.3 Å². The molecular weight excluding hydrogens is 252 g/mol. The van der Waals surface area contributed by atoms with Crippen molar-refractivity contribution < 1.29 is 9.59 Å². The molecular formula is C16H26N2O2. The molecule has 0 bridgehead atoms. The third-order valence-electron chi connectivity index (χ3n) is 5.53.